The number of pyridine rings is 1. The largest absolute Gasteiger partial charge is 0.340 e. The number of carbonyl (C=O) groups excluding carboxylic acids is 1. The Kier molecular flexibility index (Phi) is 5.21. The normalized spacial score (nSPS) is 15.0. The first-order chi connectivity index (χ1) is 15.2. The van der Waals surface area contributed by atoms with Crippen LogP contribution in [0.4, 0.5) is 0 Å². The molecule has 5 rings (SSSR count). The SMILES string of the molecule is O=C(CCn1cnc2ccccc2c1=O)N1CCN(Cc2cc3ccccn3n2)CC1. The fourth-order valence-electron chi connectivity index (χ4n) is 4.09. The molecule has 1 aromatic carbocycles. The molecule has 1 aliphatic heterocycles. The van der Waals surface area contributed by atoms with Crippen LogP contribution in [-0.2, 0) is 17.9 Å². The summed E-state index contributed by atoms with van der Waals surface area (Å²) in [6.07, 6.45) is 3.78. The number of aromatic nitrogens is 4. The van der Waals surface area contributed by atoms with E-state index in [1.807, 2.05) is 52.0 Å². The minimum atomic E-state index is -0.101. The Balaban J connectivity index is 1.15. The highest BCUT2D eigenvalue weighted by atomic mass is 16.2. The molecule has 0 aliphatic carbocycles. The zero-order valence-electron chi connectivity index (χ0n) is 17.2. The monoisotopic (exact) mass is 416 g/mol. The van der Waals surface area contributed by atoms with E-state index in [2.05, 4.69) is 21.0 Å². The van der Waals surface area contributed by atoms with Gasteiger partial charge >= 0.3 is 0 Å². The number of amides is 1. The summed E-state index contributed by atoms with van der Waals surface area (Å²) in [5, 5.41) is 5.19. The first-order valence-corrected chi connectivity index (χ1v) is 10.5. The highest BCUT2D eigenvalue weighted by Crippen LogP contribution is 2.12. The Bertz CT molecular complexity index is 1250. The van der Waals surface area contributed by atoms with Crippen LogP contribution in [0, 0.1) is 0 Å². The van der Waals surface area contributed by atoms with Crippen LogP contribution in [0.25, 0.3) is 16.4 Å². The third-order valence-corrected chi connectivity index (χ3v) is 5.83. The van der Waals surface area contributed by atoms with Crippen molar-refractivity contribution in [2.75, 3.05) is 26.2 Å². The number of aryl methyl sites for hydroxylation is 1. The predicted molar refractivity (Wildman–Crippen MR) is 118 cm³/mol. The lowest BCUT2D eigenvalue weighted by molar-refractivity contribution is -0.133. The summed E-state index contributed by atoms with van der Waals surface area (Å²) in [5.74, 6) is 0.0763. The van der Waals surface area contributed by atoms with Crippen LogP contribution < -0.4 is 5.56 Å². The van der Waals surface area contributed by atoms with E-state index in [4.69, 9.17) is 0 Å². The number of hydrogen-bond donors (Lipinski definition) is 0. The zero-order valence-corrected chi connectivity index (χ0v) is 17.2. The van der Waals surface area contributed by atoms with Crippen LogP contribution in [-0.4, -0.2) is 61.1 Å². The molecule has 4 aromatic rings. The van der Waals surface area contributed by atoms with Crippen molar-refractivity contribution in [1.82, 2.24) is 29.0 Å². The summed E-state index contributed by atoms with van der Waals surface area (Å²) in [5.41, 5.74) is 2.70. The maximum absolute atomic E-state index is 12.7. The smallest absolute Gasteiger partial charge is 0.261 e. The molecule has 0 atom stereocenters. The number of carbonyl (C=O) groups is 1. The van der Waals surface area contributed by atoms with Crippen molar-refractivity contribution in [2.24, 2.45) is 0 Å². The number of fused-ring (bicyclic) bond motifs is 2. The van der Waals surface area contributed by atoms with Crippen LogP contribution in [0.5, 0.6) is 0 Å². The van der Waals surface area contributed by atoms with E-state index < -0.39 is 0 Å². The van der Waals surface area contributed by atoms with Gasteiger partial charge in [0.2, 0.25) is 5.91 Å². The summed E-state index contributed by atoms with van der Waals surface area (Å²) in [6, 6.07) is 15.4. The van der Waals surface area contributed by atoms with Gasteiger partial charge in [-0.2, -0.15) is 5.10 Å². The van der Waals surface area contributed by atoms with Gasteiger partial charge in [-0.1, -0.05) is 18.2 Å². The average molecular weight is 416 g/mol. The molecule has 1 amide bonds. The van der Waals surface area contributed by atoms with E-state index in [0.717, 1.165) is 30.8 Å². The van der Waals surface area contributed by atoms with Gasteiger partial charge in [0.15, 0.2) is 0 Å². The Morgan fingerprint density at radius 2 is 1.81 bits per heavy atom. The Labute approximate surface area is 179 Å². The third kappa shape index (κ3) is 4.06. The number of hydrogen-bond acceptors (Lipinski definition) is 5. The first kappa shape index (κ1) is 19.4. The molecule has 0 spiro atoms. The molecule has 0 unspecified atom stereocenters. The summed E-state index contributed by atoms with van der Waals surface area (Å²) in [7, 11) is 0. The Hall–Kier alpha value is -3.52. The third-order valence-electron chi connectivity index (χ3n) is 5.83. The number of piperazine rings is 1. The molecule has 4 heterocycles. The second-order valence-corrected chi connectivity index (χ2v) is 7.87. The van der Waals surface area contributed by atoms with E-state index in [0.29, 0.717) is 37.0 Å². The van der Waals surface area contributed by atoms with Crippen molar-refractivity contribution in [2.45, 2.75) is 19.5 Å². The molecule has 1 fully saturated rings. The number of para-hydroxylation sites is 1. The number of nitrogens with zero attached hydrogens (tertiary/aromatic N) is 6. The molecular formula is C23H24N6O2. The highest BCUT2D eigenvalue weighted by molar-refractivity contribution is 5.77. The van der Waals surface area contributed by atoms with Crippen LogP contribution in [0.3, 0.4) is 0 Å². The van der Waals surface area contributed by atoms with Crippen molar-refractivity contribution < 1.29 is 4.79 Å². The maximum Gasteiger partial charge on any atom is 0.261 e. The van der Waals surface area contributed by atoms with E-state index in [-0.39, 0.29) is 11.5 Å². The van der Waals surface area contributed by atoms with Crippen molar-refractivity contribution in [3.8, 4) is 0 Å². The topological polar surface area (TPSA) is 75.7 Å². The second kappa shape index (κ2) is 8.31. The van der Waals surface area contributed by atoms with E-state index in [9.17, 15) is 9.59 Å². The molecule has 8 heteroatoms. The molecule has 0 bridgehead atoms. The van der Waals surface area contributed by atoms with Gasteiger partial charge in [-0.25, -0.2) is 9.50 Å². The molecule has 0 radical (unpaired) electrons. The fourth-order valence-corrected chi connectivity index (χ4v) is 4.09. The van der Waals surface area contributed by atoms with Crippen molar-refractivity contribution in [1.29, 1.82) is 0 Å². The highest BCUT2D eigenvalue weighted by Gasteiger charge is 2.21. The lowest BCUT2D eigenvalue weighted by Gasteiger charge is -2.34. The molecule has 8 nitrogen and oxygen atoms in total. The summed E-state index contributed by atoms with van der Waals surface area (Å²) < 4.78 is 3.42. The van der Waals surface area contributed by atoms with Gasteiger partial charge in [-0.05, 0) is 30.3 Å². The molecule has 0 N–H and O–H groups in total. The van der Waals surface area contributed by atoms with Crippen LogP contribution in [0.2, 0.25) is 0 Å². The molecule has 31 heavy (non-hydrogen) atoms. The molecule has 0 saturated carbocycles. The summed E-state index contributed by atoms with van der Waals surface area (Å²) in [4.78, 5) is 33.8. The second-order valence-electron chi connectivity index (χ2n) is 7.87. The van der Waals surface area contributed by atoms with Gasteiger partial charge in [-0.3, -0.25) is 19.1 Å². The number of benzene rings is 1. The number of rotatable bonds is 5. The standard InChI is InChI=1S/C23H24N6O2/c30-22(8-10-28-17-24-21-7-2-1-6-20(21)23(28)31)27-13-11-26(12-14-27)16-18-15-19-5-3-4-9-29(19)25-18/h1-7,9,15,17H,8,10-14,16H2. The zero-order chi connectivity index (χ0) is 21.2. The van der Waals surface area contributed by atoms with Crippen molar-refractivity contribution >= 4 is 22.3 Å². The minimum absolute atomic E-state index is 0.0763. The van der Waals surface area contributed by atoms with Gasteiger partial charge in [0.1, 0.15) is 0 Å². The summed E-state index contributed by atoms with van der Waals surface area (Å²) >= 11 is 0. The predicted octanol–water partition coefficient (Wildman–Crippen LogP) is 1.78. The molecular weight excluding hydrogens is 392 g/mol. The Morgan fingerprint density at radius 3 is 2.65 bits per heavy atom. The van der Waals surface area contributed by atoms with Crippen molar-refractivity contribution in [3.63, 3.8) is 0 Å². The van der Waals surface area contributed by atoms with E-state index in [1.54, 1.807) is 6.07 Å². The van der Waals surface area contributed by atoms with Crippen LogP contribution in [0.1, 0.15) is 12.1 Å². The molecule has 158 valence electrons. The first-order valence-electron chi connectivity index (χ1n) is 10.5. The molecule has 1 saturated heterocycles. The van der Waals surface area contributed by atoms with Gasteiger partial charge in [-0.15, -0.1) is 0 Å². The average Bonchev–Trinajstić information content (AvgIpc) is 3.21. The van der Waals surface area contributed by atoms with Crippen molar-refractivity contribution in [3.05, 3.63) is 77.1 Å². The van der Waals surface area contributed by atoms with E-state index >= 15 is 0 Å². The van der Waals surface area contributed by atoms with Crippen LogP contribution >= 0.6 is 0 Å². The Morgan fingerprint density at radius 1 is 1.00 bits per heavy atom. The van der Waals surface area contributed by atoms with Gasteiger partial charge in [0, 0.05) is 51.9 Å². The quantitative estimate of drug-likeness (QED) is 0.496. The van der Waals surface area contributed by atoms with Gasteiger partial charge < -0.3 is 4.90 Å². The lowest BCUT2D eigenvalue weighted by Crippen LogP contribution is -2.48. The maximum atomic E-state index is 12.7. The minimum Gasteiger partial charge on any atom is -0.340 e. The summed E-state index contributed by atoms with van der Waals surface area (Å²) in [6.45, 7) is 4.14. The fraction of sp³-hybridized carbons (Fsp3) is 0.304. The van der Waals surface area contributed by atoms with Gasteiger partial charge in [0.25, 0.3) is 5.56 Å². The van der Waals surface area contributed by atoms with Crippen LogP contribution in [0.15, 0.2) is 65.8 Å². The lowest BCUT2D eigenvalue weighted by atomic mass is 10.2. The molecule has 3 aromatic heterocycles. The molecule has 1 aliphatic rings. The van der Waals surface area contributed by atoms with Gasteiger partial charge in [0.05, 0.1) is 28.4 Å². The van der Waals surface area contributed by atoms with E-state index in [1.165, 1.54) is 10.9 Å².